The summed E-state index contributed by atoms with van der Waals surface area (Å²) < 4.78 is 44.3. The standard InChI is InChI=1S/C14H20F3N3O/c1-3-18-11-7-10(14(15,16)17)8-12(20-11)19-9-13(2)5-4-6-21-13/h7-8H,3-6,9H2,1-2H3,(H2,18,19,20). The summed E-state index contributed by atoms with van der Waals surface area (Å²) >= 11 is 0. The predicted molar refractivity (Wildman–Crippen MR) is 75.5 cm³/mol. The molecule has 21 heavy (non-hydrogen) atoms. The van der Waals surface area contributed by atoms with Gasteiger partial charge in [0.1, 0.15) is 11.6 Å². The molecule has 2 N–H and O–H groups in total. The number of pyridine rings is 1. The molecule has 0 spiro atoms. The van der Waals surface area contributed by atoms with Gasteiger partial charge in [0.15, 0.2) is 0 Å². The monoisotopic (exact) mass is 303 g/mol. The molecule has 0 bridgehead atoms. The summed E-state index contributed by atoms with van der Waals surface area (Å²) in [6, 6.07) is 2.04. The fourth-order valence-corrected chi connectivity index (χ4v) is 2.31. The highest BCUT2D eigenvalue weighted by Crippen LogP contribution is 2.32. The zero-order chi connectivity index (χ0) is 15.5. The smallest absolute Gasteiger partial charge is 0.373 e. The van der Waals surface area contributed by atoms with Gasteiger partial charge in [-0.15, -0.1) is 0 Å². The van der Waals surface area contributed by atoms with Crippen LogP contribution in [0.25, 0.3) is 0 Å². The number of hydrogen-bond acceptors (Lipinski definition) is 4. The fourth-order valence-electron chi connectivity index (χ4n) is 2.31. The number of halogens is 3. The van der Waals surface area contributed by atoms with Crippen LogP contribution in [0, 0.1) is 0 Å². The van der Waals surface area contributed by atoms with E-state index < -0.39 is 11.7 Å². The molecule has 0 aromatic carbocycles. The van der Waals surface area contributed by atoms with Gasteiger partial charge in [0.2, 0.25) is 0 Å². The van der Waals surface area contributed by atoms with Crippen LogP contribution in [0.5, 0.6) is 0 Å². The molecule has 1 aliphatic heterocycles. The van der Waals surface area contributed by atoms with Gasteiger partial charge in [-0.2, -0.15) is 13.2 Å². The van der Waals surface area contributed by atoms with E-state index in [0.29, 0.717) is 19.7 Å². The van der Waals surface area contributed by atoms with Gasteiger partial charge in [0.25, 0.3) is 0 Å². The first-order valence-corrected chi connectivity index (χ1v) is 7.03. The van der Waals surface area contributed by atoms with Crippen LogP contribution in [-0.4, -0.2) is 30.3 Å². The topological polar surface area (TPSA) is 46.2 Å². The Kier molecular flexibility index (Phi) is 4.61. The van der Waals surface area contributed by atoms with E-state index in [1.165, 1.54) is 0 Å². The Morgan fingerprint density at radius 3 is 2.48 bits per heavy atom. The number of ether oxygens (including phenoxy) is 1. The van der Waals surface area contributed by atoms with Crippen molar-refractivity contribution in [3.05, 3.63) is 17.7 Å². The van der Waals surface area contributed by atoms with Gasteiger partial charge in [-0.25, -0.2) is 4.98 Å². The van der Waals surface area contributed by atoms with Crippen LogP contribution < -0.4 is 10.6 Å². The number of alkyl halides is 3. The van der Waals surface area contributed by atoms with Gasteiger partial charge in [-0.3, -0.25) is 0 Å². The van der Waals surface area contributed by atoms with Gasteiger partial charge in [-0.1, -0.05) is 0 Å². The van der Waals surface area contributed by atoms with Gasteiger partial charge in [0, 0.05) is 19.7 Å². The van der Waals surface area contributed by atoms with Crippen molar-refractivity contribution in [2.75, 3.05) is 30.3 Å². The third kappa shape index (κ3) is 4.23. The predicted octanol–water partition coefficient (Wildman–Crippen LogP) is 3.51. The van der Waals surface area contributed by atoms with E-state index in [1.807, 2.05) is 13.8 Å². The first kappa shape index (κ1) is 15.9. The summed E-state index contributed by atoms with van der Waals surface area (Å²) in [6.07, 6.45) is -2.53. The Morgan fingerprint density at radius 2 is 1.95 bits per heavy atom. The lowest BCUT2D eigenvalue weighted by Crippen LogP contribution is -2.32. The molecule has 4 nitrogen and oxygen atoms in total. The van der Waals surface area contributed by atoms with Gasteiger partial charge < -0.3 is 15.4 Å². The van der Waals surface area contributed by atoms with Crippen molar-refractivity contribution < 1.29 is 17.9 Å². The molecule has 1 saturated heterocycles. The first-order valence-electron chi connectivity index (χ1n) is 7.03. The largest absolute Gasteiger partial charge is 0.416 e. The number of rotatable bonds is 5. The minimum Gasteiger partial charge on any atom is -0.373 e. The number of aromatic nitrogens is 1. The van der Waals surface area contributed by atoms with Crippen molar-refractivity contribution in [3.63, 3.8) is 0 Å². The first-order chi connectivity index (χ1) is 9.82. The molecule has 2 rings (SSSR count). The number of nitrogens with zero attached hydrogens (tertiary/aromatic N) is 1. The van der Waals surface area contributed by atoms with Gasteiger partial charge >= 0.3 is 6.18 Å². The summed E-state index contributed by atoms with van der Waals surface area (Å²) in [4.78, 5) is 4.15. The van der Waals surface area contributed by atoms with Crippen molar-refractivity contribution in [1.29, 1.82) is 0 Å². The maximum atomic E-state index is 12.9. The second-order valence-corrected chi connectivity index (χ2v) is 5.41. The van der Waals surface area contributed by atoms with Crippen molar-refractivity contribution in [2.45, 2.75) is 38.5 Å². The highest BCUT2D eigenvalue weighted by Gasteiger charge is 2.33. The number of hydrogen-bond donors (Lipinski definition) is 2. The molecule has 1 aliphatic rings. The quantitative estimate of drug-likeness (QED) is 0.874. The molecule has 118 valence electrons. The van der Waals surface area contributed by atoms with Crippen LogP contribution in [-0.2, 0) is 10.9 Å². The molecule has 1 atom stereocenters. The average Bonchev–Trinajstić information content (AvgIpc) is 2.83. The lowest BCUT2D eigenvalue weighted by Gasteiger charge is -2.24. The minimum absolute atomic E-state index is 0.206. The molecule has 0 radical (unpaired) electrons. The summed E-state index contributed by atoms with van der Waals surface area (Å²) in [6.45, 7) is 5.40. The van der Waals surface area contributed by atoms with E-state index in [-0.39, 0.29) is 17.2 Å². The maximum absolute atomic E-state index is 12.9. The lowest BCUT2D eigenvalue weighted by molar-refractivity contribution is -0.137. The highest BCUT2D eigenvalue weighted by molar-refractivity contribution is 5.50. The van der Waals surface area contributed by atoms with Gasteiger partial charge in [0.05, 0.1) is 11.2 Å². The molecular formula is C14H20F3N3O. The van der Waals surface area contributed by atoms with E-state index in [9.17, 15) is 13.2 Å². The Morgan fingerprint density at radius 1 is 1.29 bits per heavy atom. The zero-order valence-corrected chi connectivity index (χ0v) is 12.2. The van der Waals surface area contributed by atoms with Crippen molar-refractivity contribution in [3.8, 4) is 0 Å². The molecular weight excluding hydrogens is 283 g/mol. The van der Waals surface area contributed by atoms with Gasteiger partial charge in [-0.05, 0) is 38.8 Å². The molecule has 1 unspecified atom stereocenters. The van der Waals surface area contributed by atoms with Crippen LogP contribution in [0.1, 0.15) is 32.3 Å². The van der Waals surface area contributed by atoms with E-state index in [1.54, 1.807) is 0 Å². The Hall–Kier alpha value is -1.50. The molecule has 0 amide bonds. The SMILES string of the molecule is CCNc1cc(C(F)(F)F)cc(NCC2(C)CCCO2)n1. The van der Waals surface area contributed by atoms with Crippen molar-refractivity contribution in [2.24, 2.45) is 0 Å². The third-order valence-corrected chi connectivity index (χ3v) is 3.45. The molecule has 7 heteroatoms. The van der Waals surface area contributed by atoms with Crippen LogP contribution in [0.15, 0.2) is 12.1 Å². The second-order valence-electron chi connectivity index (χ2n) is 5.41. The number of anilines is 2. The molecule has 0 saturated carbocycles. The normalized spacial score (nSPS) is 22.3. The molecule has 0 aliphatic carbocycles. The Bertz CT molecular complexity index is 485. The minimum atomic E-state index is -4.39. The average molecular weight is 303 g/mol. The van der Waals surface area contributed by atoms with Crippen LogP contribution in [0.2, 0.25) is 0 Å². The lowest BCUT2D eigenvalue weighted by atomic mass is 10.0. The van der Waals surface area contributed by atoms with Crippen LogP contribution in [0.4, 0.5) is 24.8 Å². The van der Waals surface area contributed by atoms with E-state index in [4.69, 9.17) is 4.74 Å². The summed E-state index contributed by atoms with van der Waals surface area (Å²) in [5.74, 6) is 0.421. The summed E-state index contributed by atoms with van der Waals surface area (Å²) in [5, 5.41) is 5.78. The second kappa shape index (κ2) is 6.09. The summed E-state index contributed by atoms with van der Waals surface area (Å²) in [7, 11) is 0. The Labute approximate surface area is 122 Å². The zero-order valence-electron chi connectivity index (χ0n) is 12.2. The van der Waals surface area contributed by atoms with E-state index in [2.05, 4.69) is 15.6 Å². The van der Waals surface area contributed by atoms with Crippen LogP contribution in [0.3, 0.4) is 0 Å². The number of nitrogens with one attached hydrogen (secondary N) is 2. The Balaban J connectivity index is 2.15. The highest BCUT2D eigenvalue weighted by atomic mass is 19.4. The van der Waals surface area contributed by atoms with Crippen molar-refractivity contribution >= 4 is 11.6 Å². The molecule has 1 aromatic heterocycles. The van der Waals surface area contributed by atoms with E-state index in [0.717, 1.165) is 25.0 Å². The molecule has 2 heterocycles. The molecule has 1 fully saturated rings. The van der Waals surface area contributed by atoms with Crippen LogP contribution >= 0.6 is 0 Å². The van der Waals surface area contributed by atoms with Crippen molar-refractivity contribution in [1.82, 2.24) is 4.98 Å². The summed E-state index contributed by atoms with van der Waals surface area (Å²) in [5.41, 5.74) is -1.05. The molecule has 1 aromatic rings. The van der Waals surface area contributed by atoms with E-state index >= 15 is 0 Å². The maximum Gasteiger partial charge on any atom is 0.416 e. The third-order valence-electron chi connectivity index (χ3n) is 3.45. The fraction of sp³-hybridized carbons (Fsp3) is 0.643.